The Labute approximate surface area is 137 Å². The molecule has 0 amide bonds. The van der Waals surface area contributed by atoms with Gasteiger partial charge in [-0.25, -0.2) is 0 Å². The minimum absolute atomic E-state index is 0.270. The lowest BCUT2D eigenvalue weighted by Crippen LogP contribution is -2.22. The maximum atomic E-state index is 12.8. The highest BCUT2D eigenvalue weighted by Gasteiger charge is 2.32. The molecule has 0 aliphatic heterocycles. The van der Waals surface area contributed by atoms with Crippen molar-refractivity contribution in [3.63, 3.8) is 0 Å². The Morgan fingerprint density at radius 1 is 1.25 bits per heavy atom. The van der Waals surface area contributed by atoms with E-state index in [1.165, 1.54) is 12.3 Å². The Balaban J connectivity index is 2.14. The van der Waals surface area contributed by atoms with Crippen molar-refractivity contribution in [2.24, 2.45) is 0 Å². The molecule has 0 aliphatic carbocycles. The zero-order valence-corrected chi connectivity index (χ0v) is 13.0. The topological polar surface area (TPSA) is 55.3 Å². The van der Waals surface area contributed by atoms with E-state index in [9.17, 15) is 18.0 Å². The van der Waals surface area contributed by atoms with Crippen LogP contribution in [0.2, 0.25) is 0 Å². The number of hydrogen-bond acceptors (Lipinski definition) is 5. The van der Waals surface area contributed by atoms with Gasteiger partial charge in [0.15, 0.2) is 0 Å². The normalized spacial score (nSPS) is 11.5. The van der Waals surface area contributed by atoms with E-state index in [1.54, 1.807) is 12.3 Å². The van der Waals surface area contributed by atoms with Gasteiger partial charge in [0.25, 0.3) is 6.47 Å². The monoisotopic (exact) mass is 339 g/mol. The second-order valence-electron chi connectivity index (χ2n) is 5.21. The van der Waals surface area contributed by atoms with Crippen molar-refractivity contribution in [3.8, 4) is 11.1 Å². The van der Waals surface area contributed by atoms with Gasteiger partial charge in [-0.15, -0.1) is 0 Å². The molecule has 0 spiro atoms. The third-order valence-corrected chi connectivity index (χ3v) is 3.29. The number of likely N-dealkylation sites (N-methyl/N-ethyl adjacent to an activating group) is 1. The van der Waals surface area contributed by atoms with Gasteiger partial charge in [-0.2, -0.15) is 13.2 Å². The molecule has 0 aromatic carbocycles. The molecule has 0 fully saturated rings. The average molecular weight is 339 g/mol. The first-order valence-corrected chi connectivity index (χ1v) is 7.11. The van der Waals surface area contributed by atoms with Gasteiger partial charge in [-0.3, -0.25) is 19.7 Å². The highest BCUT2D eigenvalue weighted by molar-refractivity contribution is 5.63. The van der Waals surface area contributed by atoms with E-state index in [0.29, 0.717) is 30.7 Å². The smallest absolute Gasteiger partial charge is 0.433 e. The lowest BCUT2D eigenvalue weighted by Gasteiger charge is -2.16. The molecule has 0 radical (unpaired) electrons. The van der Waals surface area contributed by atoms with Gasteiger partial charge < -0.3 is 4.74 Å². The van der Waals surface area contributed by atoms with Crippen LogP contribution in [0.15, 0.2) is 36.8 Å². The van der Waals surface area contributed by atoms with E-state index in [1.807, 2.05) is 11.9 Å². The van der Waals surface area contributed by atoms with Gasteiger partial charge in [0.1, 0.15) is 12.3 Å². The first kappa shape index (κ1) is 17.9. The number of aromatic nitrogens is 2. The number of halogens is 3. The maximum absolute atomic E-state index is 12.8. The zero-order valence-electron chi connectivity index (χ0n) is 13.0. The summed E-state index contributed by atoms with van der Waals surface area (Å²) in [6.07, 6.45) is -0.200. The third kappa shape index (κ3) is 5.02. The fraction of sp³-hybridized carbons (Fsp3) is 0.312. The number of hydrogen-bond donors (Lipinski definition) is 0. The molecule has 128 valence electrons. The van der Waals surface area contributed by atoms with Crippen LogP contribution in [0.5, 0.6) is 0 Å². The lowest BCUT2D eigenvalue weighted by molar-refractivity contribution is -0.141. The number of rotatable bonds is 7. The molecular formula is C16H16F3N3O2. The molecule has 0 atom stereocenters. The van der Waals surface area contributed by atoms with Crippen LogP contribution in [0.1, 0.15) is 11.3 Å². The van der Waals surface area contributed by atoms with E-state index in [2.05, 4.69) is 14.7 Å². The fourth-order valence-corrected chi connectivity index (χ4v) is 2.14. The molecule has 0 unspecified atom stereocenters. The van der Waals surface area contributed by atoms with Gasteiger partial charge in [0.2, 0.25) is 0 Å². The maximum Gasteiger partial charge on any atom is 0.433 e. The van der Waals surface area contributed by atoms with E-state index < -0.39 is 11.9 Å². The summed E-state index contributed by atoms with van der Waals surface area (Å²) in [5, 5.41) is 0. The van der Waals surface area contributed by atoms with Crippen LogP contribution in [0, 0.1) is 0 Å². The molecule has 24 heavy (non-hydrogen) atoms. The van der Waals surface area contributed by atoms with E-state index >= 15 is 0 Å². The molecule has 0 bridgehead atoms. The summed E-state index contributed by atoms with van der Waals surface area (Å²) in [7, 11) is 1.84. The summed E-state index contributed by atoms with van der Waals surface area (Å²) in [6.45, 7) is 1.72. The predicted molar refractivity (Wildman–Crippen MR) is 80.8 cm³/mol. The van der Waals surface area contributed by atoms with Crippen LogP contribution in [0.4, 0.5) is 13.2 Å². The Kier molecular flexibility index (Phi) is 5.86. The summed E-state index contributed by atoms with van der Waals surface area (Å²) in [5.41, 5.74) is 0.886. The first-order valence-electron chi connectivity index (χ1n) is 7.11. The number of ether oxygens (including phenoxy) is 1. The number of carbonyl (C=O) groups excluding carboxylic acids is 1. The number of nitrogens with zero attached hydrogens (tertiary/aromatic N) is 3. The van der Waals surface area contributed by atoms with E-state index in [0.717, 1.165) is 17.8 Å². The van der Waals surface area contributed by atoms with Crippen molar-refractivity contribution in [1.29, 1.82) is 0 Å². The fourth-order valence-electron chi connectivity index (χ4n) is 2.14. The average Bonchev–Trinajstić information content (AvgIpc) is 2.55. The number of pyridine rings is 2. The quantitative estimate of drug-likeness (QED) is 0.573. The van der Waals surface area contributed by atoms with Crippen molar-refractivity contribution in [3.05, 3.63) is 48.0 Å². The molecule has 2 heterocycles. The minimum Gasteiger partial charge on any atom is -0.467 e. The highest BCUT2D eigenvalue weighted by atomic mass is 19.4. The molecule has 8 heteroatoms. The molecule has 0 saturated heterocycles. The molecule has 0 saturated carbocycles. The van der Waals surface area contributed by atoms with Crippen LogP contribution >= 0.6 is 0 Å². The summed E-state index contributed by atoms with van der Waals surface area (Å²) in [5.74, 6) is 0. The summed E-state index contributed by atoms with van der Waals surface area (Å²) in [6, 6.07) is 4.29. The first-order chi connectivity index (χ1) is 11.4. The van der Waals surface area contributed by atoms with Crippen LogP contribution in [0.3, 0.4) is 0 Å². The molecule has 0 aliphatic rings. The highest BCUT2D eigenvalue weighted by Crippen LogP contribution is 2.30. The minimum atomic E-state index is -4.49. The number of alkyl halides is 3. The van der Waals surface area contributed by atoms with E-state index in [-0.39, 0.29) is 6.61 Å². The second-order valence-corrected chi connectivity index (χ2v) is 5.21. The standard InChI is InChI=1S/C16H16F3N3O2/c1-22(4-5-24-11-23)10-12-6-14(9-20-8-12)13-2-3-21-15(7-13)16(17,18)19/h2-3,6-9,11H,4-5,10H2,1H3. The van der Waals surface area contributed by atoms with Gasteiger partial charge in [-0.1, -0.05) is 0 Å². The van der Waals surface area contributed by atoms with Crippen molar-refractivity contribution in [1.82, 2.24) is 14.9 Å². The second kappa shape index (κ2) is 7.87. The zero-order chi connectivity index (χ0) is 17.6. The van der Waals surface area contributed by atoms with Crippen molar-refractivity contribution in [2.75, 3.05) is 20.2 Å². The van der Waals surface area contributed by atoms with Crippen LogP contribution in [0.25, 0.3) is 11.1 Å². The largest absolute Gasteiger partial charge is 0.467 e. The SMILES string of the molecule is CN(CCOC=O)Cc1cncc(-c2ccnc(C(F)(F)F)c2)c1. The molecule has 2 aromatic heterocycles. The molecular weight excluding hydrogens is 323 g/mol. The predicted octanol–water partition coefficient (Wildman–Crippen LogP) is 2.77. The van der Waals surface area contributed by atoms with Crippen LogP contribution in [-0.4, -0.2) is 41.5 Å². The summed E-state index contributed by atoms with van der Waals surface area (Å²) < 4.78 is 42.9. The third-order valence-electron chi connectivity index (χ3n) is 3.29. The molecule has 2 rings (SSSR count). The van der Waals surface area contributed by atoms with E-state index in [4.69, 9.17) is 0 Å². The summed E-state index contributed by atoms with van der Waals surface area (Å²) >= 11 is 0. The van der Waals surface area contributed by atoms with Crippen LogP contribution < -0.4 is 0 Å². The Morgan fingerprint density at radius 3 is 2.75 bits per heavy atom. The Morgan fingerprint density at radius 2 is 2.04 bits per heavy atom. The van der Waals surface area contributed by atoms with Gasteiger partial charge in [0, 0.05) is 37.2 Å². The van der Waals surface area contributed by atoms with Gasteiger partial charge in [0.05, 0.1) is 0 Å². The van der Waals surface area contributed by atoms with Crippen molar-refractivity contribution in [2.45, 2.75) is 12.7 Å². The molecule has 5 nitrogen and oxygen atoms in total. The van der Waals surface area contributed by atoms with Crippen LogP contribution in [-0.2, 0) is 22.3 Å². The lowest BCUT2D eigenvalue weighted by atomic mass is 10.1. The summed E-state index contributed by atoms with van der Waals surface area (Å²) in [4.78, 5) is 19.5. The molecule has 2 aromatic rings. The molecule has 0 N–H and O–H groups in total. The van der Waals surface area contributed by atoms with Gasteiger partial charge >= 0.3 is 6.18 Å². The van der Waals surface area contributed by atoms with Crippen molar-refractivity contribution < 1.29 is 22.7 Å². The number of carbonyl (C=O) groups is 1. The van der Waals surface area contributed by atoms with Gasteiger partial charge in [-0.05, 0) is 36.4 Å². The Bertz CT molecular complexity index is 692. The van der Waals surface area contributed by atoms with Crippen molar-refractivity contribution >= 4 is 6.47 Å². The Hall–Kier alpha value is -2.48.